The van der Waals surface area contributed by atoms with Crippen LogP contribution in [0.2, 0.25) is 0 Å². The lowest BCUT2D eigenvalue weighted by Gasteiger charge is -2.26. The van der Waals surface area contributed by atoms with Gasteiger partial charge in [-0.25, -0.2) is 0 Å². The summed E-state index contributed by atoms with van der Waals surface area (Å²) < 4.78 is 0. The van der Waals surface area contributed by atoms with Gasteiger partial charge in [0.05, 0.1) is 0 Å². The lowest BCUT2D eigenvalue weighted by atomic mass is 9.99. The number of rotatable bonds is 1. The van der Waals surface area contributed by atoms with Crippen LogP contribution in [0.3, 0.4) is 0 Å². The highest BCUT2D eigenvalue weighted by molar-refractivity contribution is 5.84. The number of fused-ring (bicyclic) bond motifs is 2. The molecule has 3 atom stereocenters. The molecule has 0 aromatic rings. The van der Waals surface area contributed by atoms with Crippen molar-refractivity contribution in [2.24, 2.45) is 5.92 Å². The van der Waals surface area contributed by atoms with E-state index in [4.69, 9.17) is 4.84 Å². The van der Waals surface area contributed by atoms with Crippen molar-refractivity contribution in [3.8, 4) is 0 Å². The summed E-state index contributed by atoms with van der Waals surface area (Å²) in [6, 6.07) is 0.460. The summed E-state index contributed by atoms with van der Waals surface area (Å²) in [5, 5.41) is 2.00. The summed E-state index contributed by atoms with van der Waals surface area (Å²) >= 11 is 0. The predicted molar refractivity (Wildman–Crippen MR) is 44.4 cm³/mol. The largest absolute Gasteiger partial charge is 0.297 e. The van der Waals surface area contributed by atoms with E-state index in [9.17, 15) is 4.79 Å². The number of carbonyl (C=O) groups is 1. The Hall–Kier alpha value is -0.410. The molecule has 2 aliphatic rings. The summed E-state index contributed by atoms with van der Waals surface area (Å²) in [5.74, 6) is 0.871. The topological polar surface area (TPSA) is 29.5 Å². The molecule has 2 heterocycles. The zero-order valence-corrected chi connectivity index (χ0v) is 7.62. The molecule has 0 saturated carbocycles. The minimum absolute atomic E-state index is 0.119. The Morgan fingerprint density at radius 3 is 2.92 bits per heavy atom. The molecule has 2 rings (SSSR count). The van der Waals surface area contributed by atoms with Crippen LogP contribution in [0, 0.1) is 5.92 Å². The van der Waals surface area contributed by atoms with Gasteiger partial charge < -0.3 is 0 Å². The van der Waals surface area contributed by atoms with Gasteiger partial charge in [0, 0.05) is 25.4 Å². The van der Waals surface area contributed by atoms with Gasteiger partial charge >= 0.3 is 0 Å². The minimum Gasteiger partial charge on any atom is -0.297 e. The van der Waals surface area contributed by atoms with Crippen LogP contribution >= 0.6 is 0 Å². The van der Waals surface area contributed by atoms with E-state index in [-0.39, 0.29) is 11.9 Å². The first-order chi connectivity index (χ1) is 5.68. The van der Waals surface area contributed by atoms with E-state index in [0.29, 0.717) is 18.4 Å². The smallest absolute Gasteiger partial charge is 0.165 e. The highest BCUT2D eigenvalue weighted by atomic mass is 16.7. The maximum atomic E-state index is 11.3. The zero-order valence-electron chi connectivity index (χ0n) is 7.62. The van der Waals surface area contributed by atoms with Crippen molar-refractivity contribution in [1.82, 2.24) is 5.06 Å². The van der Waals surface area contributed by atoms with Crippen molar-refractivity contribution in [2.75, 3.05) is 6.54 Å². The van der Waals surface area contributed by atoms with Gasteiger partial charge in [0.1, 0.15) is 6.10 Å². The summed E-state index contributed by atoms with van der Waals surface area (Å²) in [6.45, 7) is 5.15. The van der Waals surface area contributed by atoms with E-state index in [1.165, 1.54) is 0 Å². The SMILES string of the molecule is CC(C)[C@@H]1C[C@@H]2ON1CCC2=O. The molecule has 0 aliphatic carbocycles. The average molecular weight is 169 g/mol. The molecule has 0 spiro atoms. The molecule has 0 radical (unpaired) electrons. The molecule has 3 nitrogen and oxygen atoms in total. The Morgan fingerprint density at radius 2 is 2.33 bits per heavy atom. The monoisotopic (exact) mass is 169 g/mol. The first-order valence-corrected chi connectivity index (χ1v) is 4.64. The fourth-order valence-electron chi connectivity index (χ4n) is 2.02. The fourth-order valence-corrected chi connectivity index (χ4v) is 2.02. The van der Waals surface area contributed by atoms with E-state index in [2.05, 4.69) is 13.8 Å². The Kier molecular flexibility index (Phi) is 1.93. The van der Waals surface area contributed by atoms with Crippen LogP contribution in [0.5, 0.6) is 0 Å². The van der Waals surface area contributed by atoms with Gasteiger partial charge in [0.2, 0.25) is 0 Å². The predicted octanol–water partition coefficient (Wildman–Crippen LogP) is 0.990. The average Bonchev–Trinajstić information content (AvgIpc) is 2.37. The van der Waals surface area contributed by atoms with E-state index >= 15 is 0 Å². The normalized spacial score (nSPS) is 40.9. The van der Waals surface area contributed by atoms with Gasteiger partial charge in [0.25, 0.3) is 0 Å². The van der Waals surface area contributed by atoms with Crippen LogP contribution in [0.15, 0.2) is 0 Å². The quantitative estimate of drug-likeness (QED) is 0.586. The Balaban J connectivity index is 2.10. The van der Waals surface area contributed by atoms with Crippen LogP contribution in [-0.2, 0) is 9.63 Å². The van der Waals surface area contributed by atoms with Crippen molar-refractivity contribution in [3.63, 3.8) is 0 Å². The zero-order chi connectivity index (χ0) is 8.72. The molecule has 1 unspecified atom stereocenters. The van der Waals surface area contributed by atoms with Gasteiger partial charge in [-0.15, -0.1) is 0 Å². The number of carbonyl (C=O) groups excluding carboxylic acids is 1. The van der Waals surface area contributed by atoms with Gasteiger partial charge in [-0.2, -0.15) is 5.06 Å². The van der Waals surface area contributed by atoms with Gasteiger partial charge in [-0.3, -0.25) is 9.63 Å². The molecule has 2 aliphatic heterocycles. The Bertz CT molecular complexity index is 203. The minimum atomic E-state index is -0.119. The van der Waals surface area contributed by atoms with E-state index < -0.39 is 0 Å². The van der Waals surface area contributed by atoms with Crippen LogP contribution in [0.1, 0.15) is 26.7 Å². The van der Waals surface area contributed by atoms with Crippen LogP contribution in [0.4, 0.5) is 0 Å². The molecule has 3 heteroatoms. The third-order valence-electron chi connectivity index (χ3n) is 2.80. The molecule has 68 valence electrons. The number of hydrogen-bond donors (Lipinski definition) is 0. The third-order valence-corrected chi connectivity index (χ3v) is 2.80. The summed E-state index contributed by atoms with van der Waals surface area (Å²) in [7, 11) is 0. The molecule has 2 saturated heterocycles. The molecule has 0 aromatic carbocycles. The number of hydroxylamine groups is 2. The second-order valence-electron chi connectivity index (χ2n) is 4.00. The second kappa shape index (κ2) is 2.82. The lowest BCUT2D eigenvalue weighted by Crippen LogP contribution is -2.37. The maximum absolute atomic E-state index is 11.3. The van der Waals surface area contributed by atoms with Crippen LogP contribution in [0.25, 0.3) is 0 Å². The number of Topliss-reactive ketones (excluding diaryl/α,β-unsaturated/α-hetero) is 1. The summed E-state index contributed by atoms with van der Waals surface area (Å²) in [4.78, 5) is 16.7. The Labute approximate surface area is 72.6 Å². The van der Waals surface area contributed by atoms with Gasteiger partial charge in [-0.1, -0.05) is 13.8 Å². The van der Waals surface area contributed by atoms with E-state index in [1.807, 2.05) is 5.06 Å². The molecule has 0 N–H and O–H groups in total. The summed E-state index contributed by atoms with van der Waals surface area (Å²) in [6.07, 6.45) is 1.45. The molecule has 0 aromatic heterocycles. The summed E-state index contributed by atoms with van der Waals surface area (Å²) in [5.41, 5.74) is 0. The van der Waals surface area contributed by atoms with Crippen LogP contribution in [-0.4, -0.2) is 29.5 Å². The molecular formula is C9H15NO2. The highest BCUT2D eigenvalue weighted by Crippen LogP contribution is 2.31. The van der Waals surface area contributed by atoms with Crippen molar-refractivity contribution >= 4 is 5.78 Å². The number of nitrogens with zero attached hydrogens (tertiary/aromatic N) is 1. The second-order valence-corrected chi connectivity index (χ2v) is 4.00. The van der Waals surface area contributed by atoms with Crippen molar-refractivity contribution < 1.29 is 9.63 Å². The van der Waals surface area contributed by atoms with Gasteiger partial charge in [0.15, 0.2) is 5.78 Å². The van der Waals surface area contributed by atoms with Crippen molar-refractivity contribution in [1.29, 1.82) is 0 Å². The highest BCUT2D eigenvalue weighted by Gasteiger charge is 2.42. The lowest BCUT2D eigenvalue weighted by molar-refractivity contribution is -0.192. The maximum Gasteiger partial charge on any atom is 0.165 e. The standard InChI is InChI=1S/C9H15NO2/c1-6(2)7-5-9-8(11)3-4-10(7)12-9/h6-7,9H,3-5H2,1-2H3/t7-,9-/m0/s1. The molecule has 0 amide bonds. The molecule has 2 fully saturated rings. The van der Waals surface area contributed by atoms with Crippen molar-refractivity contribution in [2.45, 2.75) is 38.8 Å². The van der Waals surface area contributed by atoms with E-state index in [0.717, 1.165) is 13.0 Å². The molecule has 12 heavy (non-hydrogen) atoms. The number of hydrogen-bond acceptors (Lipinski definition) is 3. The molecular weight excluding hydrogens is 154 g/mol. The molecule has 2 bridgehead atoms. The first kappa shape index (κ1) is 8.20. The fraction of sp³-hybridized carbons (Fsp3) is 0.889. The van der Waals surface area contributed by atoms with Crippen molar-refractivity contribution in [3.05, 3.63) is 0 Å². The van der Waals surface area contributed by atoms with Gasteiger partial charge in [-0.05, 0) is 5.92 Å². The van der Waals surface area contributed by atoms with E-state index in [1.54, 1.807) is 0 Å². The number of ketones is 1. The third kappa shape index (κ3) is 1.17. The van der Waals surface area contributed by atoms with Crippen LogP contribution < -0.4 is 0 Å². The first-order valence-electron chi connectivity index (χ1n) is 4.64. The Morgan fingerprint density at radius 1 is 1.58 bits per heavy atom.